The number of hydrogen-bond acceptors (Lipinski definition) is 2. The number of aromatic hydroxyl groups is 1. The second-order valence-corrected chi connectivity index (χ2v) is 11.0. The fourth-order valence-corrected chi connectivity index (χ4v) is 5.29. The van der Waals surface area contributed by atoms with Gasteiger partial charge in [0.2, 0.25) is 0 Å². The molecule has 29 heavy (non-hydrogen) atoms. The maximum atomic E-state index is 13.8. The maximum Gasteiger partial charge on any atom is 0.123 e. The van der Waals surface area contributed by atoms with Crippen molar-refractivity contribution in [2.45, 2.75) is 71.4 Å². The van der Waals surface area contributed by atoms with Crippen LogP contribution in [0.25, 0.3) is 0 Å². The number of phenols is 1. The second kappa shape index (κ2) is 9.39. The Hall–Kier alpha value is -1.73. The Morgan fingerprint density at radius 2 is 1.83 bits per heavy atom. The van der Waals surface area contributed by atoms with Gasteiger partial charge in [0.25, 0.3) is 0 Å². The zero-order valence-corrected chi connectivity index (χ0v) is 19.9. The van der Waals surface area contributed by atoms with Gasteiger partial charge in [-0.25, -0.2) is 4.39 Å². The molecule has 158 valence electrons. The second-order valence-electron chi connectivity index (χ2n) is 9.12. The summed E-state index contributed by atoms with van der Waals surface area (Å²) in [6, 6.07) is 9.21. The van der Waals surface area contributed by atoms with Gasteiger partial charge in [0.05, 0.1) is 0 Å². The first kappa shape index (κ1) is 23.5. The summed E-state index contributed by atoms with van der Waals surface area (Å²) in [5, 5.41) is 11.9. The summed E-state index contributed by atoms with van der Waals surface area (Å²) in [6.45, 7) is 13.0. The summed E-state index contributed by atoms with van der Waals surface area (Å²) in [5.41, 5.74) is 3.95. The number of hydrogen-bond donors (Lipinski definition) is 1. The van der Waals surface area contributed by atoms with Crippen LogP contribution < -0.4 is 5.30 Å². The number of benzene rings is 2. The molecule has 2 aromatic rings. The van der Waals surface area contributed by atoms with Gasteiger partial charge in [-0.2, -0.15) is 0 Å². The Kier molecular flexibility index (Phi) is 7.62. The first-order valence-corrected chi connectivity index (χ1v) is 11.4. The first-order valence-electron chi connectivity index (χ1n) is 10.4. The molecular formula is C25H35FNOP. The highest BCUT2D eigenvalue weighted by molar-refractivity contribution is 7.48. The summed E-state index contributed by atoms with van der Waals surface area (Å²) in [7, 11) is 2.10. The van der Waals surface area contributed by atoms with E-state index < -0.39 is 0 Å². The van der Waals surface area contributed by atoms with Crippen molar-refractivity contribution >= 4 is 20.1 Å². The molecule has 0 amide bonds. The van der Waals surface area contributed by atoms with Crippen LogP contribution in [0.4, 0.5) is 4.39 Å². The number of halogens is 1. The van der Waals surface area contributed by atoms with E-state index in [2.05, 4.69) is 51.7 Å². The van der Waals surface area contributed by atoms with Crippen molar-refractivity contribution < 1.29 is 9.50 Å². The molecule has 0 fully saturated rings. The van der Waals surface area contributed by atoms with Gasteiger partial charge in [-0.1, -0.05) is 74.2 Å². The first-order chi connectivity index (χ1) is 13.5. The predicted molar refractivity (Wildman–Crippen MR) is 126 cm³/mol. The molecule has 0 aliphatic carbocycles. The average molecular weight is 416 g/mol. The molecule has 0 aliphatic heterocycles. The van der Waals surface area contributed by atoms with Gasteiger partial charge < -0.3 is 5.11 Å². The largest absolute Gasteiger partial charge is 0.507 e. The quantitative estimate of drug-likeness (QED) is 0.401. The molecule has 0 heterocycles. The van der Waals surface area contributed by atoms with Crippen LogP contribution in [0.15, 0.2) is 35.3 Å². The molecule has 2 rings (SSSR count). The van der Waals surface area contributed by atoms with E-state index >= 15 is 0 Å². The van der Waals surface area contributed by atoms with Gasteiger partial charge in [-0.15, -0.1) is 0 Å². The summed E-state index contributed by atoms with van der Waals surface area (Å²) in [6.07, 6.45) is 4.84. The normalized spacial score (nSPS) is 14.8. The zero-order chi connectivity index (χ0) is 21.8. The topological polar surface area (TPSA) is 32.6 Å². The van der Waals surface area contributed by atoms with Crippen molar-refractivity contribution in [2.75, 3.05) is 7.05 Å². The van der Waals surface area contributed by atoms with Crippen LogP contribution in [0.5, 0.6) is 5.75 Å². The highest BCUT2D eigenvalue weighted by Crippen LogP contribution is 2.50. The number of rotatable bonds is 7. The van der Waals surface area contributed by atoms with Crippen LogP contribution >= 0.6 is 8.58 Å². The average Bonchev–Trinajstić information content (AvgIpc) is 2.63. The standard InChI is InChI=1S/C25H35FNOP/c1-8-9-12-25(6,29-22-11-10-20(26)14-18(22)16-27-7)21-15-19(24(3,4)5)13-17(2)23(21)28/h10-11,13-16,28-29H,8-9,12H2,1-7H3/b27-16+. The lowest BCUT2D eigenvalue weighted by Crippen LogP contribution is -2.23. The molecule has 2 unspecified atom stereocenters. The van der Waals surface area contributed by atoms with Gasteiger partial charge in [-0.3, -0.25) is 4.99 Å². The fourth-order valence-electron chi connectivity index (χ4n) is 3.62. The Bertz CT molecular complexity index is 885. The van der Waals surface area contributed by atoms with E-state index in [0.29, 0.717) is 14.3 Å². The van der Waals surface area contributed by atoms with Gasteiger partial charge in [0, 0.05) is 29.5 Å². The molecule has 0 saturated heterocycles. The lowest BCUT2D eigenvalue weighted by molar-refractivity contribution is 0.445. The Labute approximate surface area is 177 Å². The molecular weight excluding hydrogens is 380 g/mol. The van der Waals surface area contributed by atoms with Gasteiger partial charge >= 0.3 is 0 Å². The third kappa shape index (κ3) is 5.66. The summed E-state index contributed by atoms with van der Waals surface area (Å²) < 4.78 is 13.8. The number of aliphatic imine (C=N–C) groups is 1. The van der Waals surface area contributed by atoms with E-state index in [0.717, 1.165) is 41.3 Å². The molecule has 0 aromatic heterocycles. The minimum absolute atomic E-state index is 0.00209. The van der Waals surface area contributed by atoms with Crippen LogP contribution in [0.3, 0.4) is 0 Å². The molecule has 0 aliphatic rings. The summed E-state index contributed by atoms with van der Waals surface area (Å²) >= 11 is 0. The Balaban J connectivity index is 2.64. The van der Waals surface area contributed by atoms with Crippen molar-refractivity contribution in [3.63, 3.8) is 0 Å². The lowest BCUT2D eigenvalue weighted by atomic mass is 9.82. The Morgan fingerprint density at radius 3 is 2.41 bits per heavy atom. The molecule has 2 atom stereocenters. The zero-order valence-electron chi connectivity index (χ0n) is 18.9. The van der Waals surface area contributed by atoms with Crippen LogP contribution in [0, 0.1) is 12.7 Å². The van der Waals surface area contributed by atoms with Gasteiger partial charge in [-0.05, 0) is 47.3 Å². The Morgan fingerprint density at radius 1 is 1.14 bits per heavy atom. The van der Waals surface area contributed by atoms with Crippen LogP contribution in [-0.2, 0) is 10.6 Å². The van der Waals surface area contributed by atoms with E-state index in [1.165, 1.54) is 11.6 Å². The maximum absolute atomic E-state index is 13.8. The molecule has 2 aromatic carbocycles. The summed E-state index contributed by atoms with van der Waals surface area (Å²) in [4.78, 5) is 4.11. The lowest BCUT2D eigenvalue weighted by Gasteiger charge is -2.34. The van der Waals surface area contributed by atoms with Crippen LogP contribution in [0.2, 0.25) is 0 Å². The van der Waals surface area contributed by atoms with Crippen molar-refractivity contribution in [3.8, 4) is 5.75 Å². The minimum Gasteiger partial charge on any atom is -0.507 e. The van der Waals surface area contributed by atoms with Crippen molar-refractivity contribution in [1.82, 2.24) is 0 Å². The SMILES string of the molecule is CCCCC(C)(Pc1ccc(F)cc1/C=N/C)c1cc(C(C)(C)C)cc(C)c1O. The smallest absolute Gasteiger partial charge is 0.123 e. The van der Waals surface area contributed by atoms with E-state index in [9.17, 15) is 9.50 Å². The highest BCUT2D eigenvalue weighted by Gasteiger charge is 2.32. The molecule has 2 nitrogen and oxygen atoms in total. The van der Waals surface area contributed by atoms with Crippen molar-refractivity contribution in [2.24, 2.45) is 4.99 Å². The number of aryl methyl sites for hydroxylation is 1. The van der Waals surface area contributed by atoms with E-state index in [1.807, 2.05) is 13.0 Å². The number of phenolic OH excluding ortho intramolecular Hbond substituents is 1. The van der Waals surface area contributed by atoms with Gasteiger partial charge in [0.15, 0.2) is 0 Å². The third-order valence-corrected chi connectivity index (χ3v) is 7.28. The van der Waals surface area contributed by atoms with Crippen molar-refractivity contribution in [1.29, 1.82) is 0 Å². The van der Waals surface area contributed by atoms with Crippen molar-refractivity contribution in [3.05, 3.63) is 58.4 Å². The van der Waals surface area contributed by atoms with E-state index in [-0.39, 0.29) is 16.4 Å². The van der Waals surface area contributed by atoms with Crippen LogP contribution in [0.1, 0.15) is 76.1 Å². The minimum atomic E-state index is -0.253. The molecule has 0 bridgehead atoms. The fraction of sp³-hybridized carbons (Fsp3) is 0.480. The monoisotopic (exact) mass is 415 g/mol. The third-order valence-electron chi connectivity index (χ3n) is 5.48. The van der Waals surface area contributed by atoms with Crippen LogP contribution in [-0.4, -0.2) is 18.4 Å². The number of unbranched alkanes of at least 4 members (excludes halogenated alkanes) is 1. The molecule has 1 N–H and O–H groups in total. The molecule has 0 radical (unpaired) electrons. The van der Waals surface area contributed by atoms with Gasteiger partial charge in [0.1, 0.15) is 11.6 Å². The van der Waals surface area contributed by atoms with E-state index in [1.54, 1.807) is 19.3 Å². The molecule has 0 spiro atoms. The summed E-state index contributed by atoms with van der Waals surface area (Å²) in [5.74, 6) is 0.133. The predicted octanol–water partition coefficient (Wildman–Crippen LogP) is 6.60. The highest BCUT2D eigenvalue weighted by atomic mass is 31.1. The number of nitrogens with zero attached hydrogens (tertiary/aromatic N) is 1. The van der Waals surface area contributed by atoms with E-state index in [4.69, 9.17) is 0 Å². The molecule has 4 heteroatoms. The molecule has 0 saturated carbocycles.